The van der Waals surface area contributed by atoms with E-state index in [4.69, 9.17) is 11.6 Å². The number of benzene rings is 2. The van der Waals surface area contributed by atoms with Crippen molar-refractivity contribution in [3.05, 3.63) is 70.2 Å². The highest BCUT2D eigenvalue weighted by atomic mass is 35.5. The number of ketones is 1. The third kappa shape index (κ3) is 2.99. The molecule has 2 aromatic rings. The number of aryl methyl sites for hydroxylation is 1. The molecular formula is C18H16ClNO. The average Bonchev–Trinajstić information content (AvgIpc) is 2.47. The number of carbonyl (C=O) groups excluding carboxylic acids is 1. The number of hydrogen-bond acceptors (Lipinski definition) is 2. The number of carbonyl (C=O) groups is 1. The van der Waals surface area contributed by atoms with Crippen molar-refractivity contribution in [2.75, 3.05) is 0 Å². The summed E-state index contributed by atoms with van der Waals surface area (Å²) in [5.74, 6) is -0.173. The van der Waals surface area contributed by atoms with Crippen LogP contribution >= 0.6 is 11.6 Å². The number of Topliss-reactive ketones (excluding diaryl/α,β-unsaturated/α-hetero) is 1. The van der Waals surface area contributed by atoms with E-state index in [1.54, 1.807) is 0 Å². The first-order chi connectivity index (χ1) is 9.99. The summed E-state index contributed by atoms with van der Waals surface area (Å²) in [6.45, 7) is 3.41. The Morgan fingerprint density at radius 2 is 1.90 bits per heavy atom. The van der Waals surface area contributed by atoms with Crippen molar-refractivity contribution >= 4 is 17.4 Å². The number of hydrogen-bond donors (Lipinski definition) is 0. The van der Waals surface area contributed by atoms with Crippen LogP contribution in [0.15, 0.2) is 48.5 Å². The molecule has 0 N–H and O–H groups in total. The van der Waals surface area contributed by atoms with Crippen molar-refractivity contribution < 1.29 is 4.79 Å². The summed E-state index contributed by atoms with van der Waals surface area (Å²) < 4.78 is 0. The average molecular weight is 298 g/mol. The molecule has 2 rings (SSSR count). The van der Waals surface area contributed by atoms with Crippen molar-refractivity contribution in [1.82, 2.24) is 0 Å². The Kier molecular flexibility index (Phi) is 4.45. The predicted molar refractivity (Wildman–Crippen MR) is 84.3 cm³/mol. The maximum Gasteiger partial charge on any atom is 0.154 e. The summed E-state index contributed by atoms with van der Waals surface area (Å²) in [6, 6.07) is 17.0. The van der Waals surface area contributed by atoms with E-state index in [1.165, 1.54) is 6.92 Å². The van der Waals surface area contributed by atoms with Crippen LogP contribution in [0.3, 0.4) is 0 Å². The normalized spacial score (nSPS) is 13.2. The van der Waals surface area contributed by atoms with Crippen molar-refractivity contribution in [2.45, 2.75) is 25.7 Å². The molecular weight excluding hydrogens is 282 g/mol. The van der Waals surface area contributed by atoms with Gasteiger partial charge in [-0.15, -0.1) is 0 Å². The molecule has 0 saturated carbocycles. The standard InChI is InChI=1S/C18H16ClNO/c1-13-8-9-15(17(19)10-13)11-18(12-20,14(2)21)16-6-4-3-5-7-16/h3-10H,11H2,1-2H3. The fourth-order valence-electron chi connectivity index (χ4n) is 2.42. The molecule has 21 heavy (non-hydrogen) atoms. The zero-order valence-corrected chi connectivity index (χ0v) is 12.8. The van der Waals surface area contributed by atoms with Gasteiger partial charge in [-0.1, -0.05) is 54.1 Å². The largest absolute Gasteiger partial charge is 0.298 e. The second-order valence-corrected chi connectivity index (χ2v) is 5.62. The Labute approximate surface area is 130 Å². The van der Waals surface area contributed by atoms with Gasteiger partial charge in [0.2, 0.25) is 0 Å². The lowest BCUT2D eigenvalue weighted by molar-refractivity contribution is -0.120. The van der Waals surface area contributed by atoms with Crippen LogP contribution in [0.4, 0.5) is 0 Å². The summed E-state index contributed by atoms with van der Waals surface area (Å²) in [7, 11) is 0. The van der Waals surface area contributed by atoms with Crippen LogP contribution in [-0.4, -0.2) is 5.78 Å². The molecule has 0 amide bonds. The van der Waals surface area contributed by atoms with Gasteiger partial charge in [-0.3, -0.25) is 4.79 Å². The van der Waals surface area contributed by atoms with E-state index in [0.29, 0.717) is 10.6 Å². The van der Waals surface area contributed by atoms with Gasteiger partial charge in [-0.2, -0.15) is 5.26 Å². The second kappa shape index (κ2) is 6.11. The summed E-state index contributed by atoms with van der Waals surface area (Å²) >= 11 is 6.26. The lowest BCUT2D eigenvalue weighted by Gasteiger charge is -2.25. The minimum atomic E-state index is -1.19. The van der Waals surface area contributed by atoms with E-state index in [-0.39, 0.29) is 12.2 Å². The van der Waals surface area contributed by atoms with Crippen LogP contribution in [0.25, 0.3) is 0 Å². The second-order valence-electron chi connectivity index (χ2n) is 5.21. The van der Waals surface area contributed by atoms with Gasteiger partial charge in [0.05, 0.1) is 6.07 Å². The van der Waals surface area contributed by atoms with Crippen molar-refractivity contribution in [2.24, 2.45) is 0 Å². The number of nitriles is 1. The van der Waals surface area contributed by atoms with Gasteiger partial charge in [0.1, 0.15) is 5.41 Å². The van der Waals surface area contributed by atoms with Gasteiger partial charge in [-0.05, 0) is 36.6 Å². The molecule has 0 bridgehead atoms. The number of halogens is 1. The fourth-order valence-corrected chi connectivity index (χ4v) is 2.72. The molecule has 0 radical (unpaired) electrons. The minimum absolute atomic E-state index is 0.173. The number of nitrogens with zero attached hydrogens (tertiary/aromatic N) is 1. The lowest BCUT2D eigenvalue weighted by atomic mass is 9.74. The summed E-state index contributed by atoms with van der Waals surface area (Å²) in [5.41, 5.74) is 1.37. The lowest BCUT2D eigenvalue weighted by Crippen LogP contribution is -2.35. The number of rotatable bonds is 4. The van der Waals surface area contributed by atoms with E-state index >= 15 is 0 Å². The highest BCUT2D eigenvalue weighted by Crippen LogP contribution is 2.32. The summed E-state index contributed by atoms with van der Waals surface area (Å²) in [5, 5.41) is 10.3. The Hall–Kier alpha value is -2.11. The molecule has 0 aliphatic carbocycles. The monoisotopic (exact) mass is 297 g/mol. The topological polar surface area (TPSA) is 40.9 Å². The smallest absolute Gasteiger partial charge is 0.154 e. The van der Waals surface area contributed by atoms with Crippen LogP contribution < -0.4 is 0 Å². The molecule has 0 saturated heterocycles. The Morgan fingerprint density at radius 3 is 2.43 bits per heavy atom. The highest BCUT2D eigenvalue weighted by Gasteiger charge is 2.38. The first kappa shape index (κ1) is 15.3. The van der Waals surface area contributed by atoms with Crippen LogP contribution in [-0.2, 0) is 16.6 Å². The third-order valence-electron chi connectivity index (χ3n) is 3.72. The van der Waals surface area contributed by atoms with Gasteiger partial charge in [0.15, 0.2) is 5.78 Å². The summed E-state index contributed by atoms with van der Waals surface area (Å²) in [4.78, 5) is 12.2. The zero-order valence-electron chi connectivity index (χ0n) is 12.1. The predicted octanol–water partition coefficient (Wildman–Crippen LogP) is 4.24. The van der Waals surface area contributed by atoms with Crippen LogP contribution in [0.5, 0.6) is 0 Å². The molecule has 2 nitrogen and oxygen atoms in total. The molecule has 1 atom stereocenters. The molecule has 0 spiro atoms. The van der Waals surface area contributed by atoms with Crippen LogP contribution in [0, 0.1) is 18.3 Å². The molecule has 0 aliphatic rings. The molecule has 2 aromatic carbocycles. The summed E-state index contributed by atoms with van der Waals surface area (Å²) in [6.07, 6.45) is 0.280. The Bertz CT molecular complexity index is 703. The van der Waals surface area contributed by atoms with E-state index in [1.807, 2.05) is 55.5 Å². The van der Waals surface area contributed by atoms with E-state index in [0.717, 1.165) is 11.1 Å². The molecule has 0 fully saturated rings. The third-order valence-corrected chi connectivity index (χ3v) is 4.07. The quantitative estimate of drug-likeness (QED) is 0.847. The van der Waals surface area contributed by atoms with Crippen LogP contribution in [0.2, 0.25) is 5.02 Å². The highest BCUT2D eigenvalue weighted by molar-refractivity contribution is 6.31. The maximum atomic E-state index is 12.2. The van der Waals surface area contributed by atoms with E-state index < -0.39 is 5.41 Å². The first-order valence-electron chi connectivity index (χ1n) is 6.72. The SMILES string of the molecule is CC(=O)C(C#N)(Cc1ccc(C)cc1Cl)c1ccccc1. The maximum absolute atomic E-state index is 12.2. The molecule has 3 heteroatoms. The van der Waals surface area contributed by atoms with Gasteiger partial charge in [0.25, 0.3) is 0 Å². The van der Waals surface area contributed by atoms with E-state index in [9.17, 15) is 10.1 Å². The van der Waals surface area contributed by atoms with Crippen LogP contribution in [0.1, 0.15) is 23.6 Å². The van der Waals surface area contributed by atoms with Gasteiger partial charge < -0.3 is 0 Å². The van der Waals surface area contributed by atoms with E-state index in [2.05, 4.69) is 6.07 Å². The molecule has 0 aromatic heterocycles. The molecule has 0 aliphatic heterocycles. The van der Waals surface area contributed by atoms with Crippen molar-refractivity contribution in [3.8, 4) is 6.07 Å². The first-order valence-corrected chi connectivity index (χ1v) is 7.10. The fraction of sp³-hybridized carbons (Fsp3) is 0.222. The van der Waals surface area contributed by atoms with Gasteiger partial charge in [0, 0.05) is 11.4 Å². The van der Waals surface area contributed by atoms with Crippen molar-refractivity contribution in [1.29, 1.82) is 5.26 Å². The minimum Gasteiger partial charge on any atom is -0.298 e. The van der Waals surface area contributed by atoms with Gasteiger partial charge >= 0.3 is 0 Å². The molecule has 0 heterocycles. The van der Waals surface area contributed by atoms with Gasteiger partial charge in [-0.25, -0.2) is 0 Å². The molecule has 106 valence electrons. The molecule has 1 unspecified atom stereocenters. The Balaban J connectivity index is 2.52. The zero-order chi connectivity index (χ0) is 15.5. The van der Waals surface area contributed by atoms with Crippen molar-refractivity contribution in [3.63, 3.8) is 0 Å². The Morgan fingerprint density at radius 1 is 1.24 bits per heavy atom.